The number of hydrogen-bond donors (Lipinski definition) is 1. The smallest absolute Gasteiger partial charge is 0.222 e. The number of anilines is 1. The summed E-state index contributed by atoms with van der Waals surface area (Å²) in [5.41, 5.74) is 8.89. The van der Waals surface area contributed by atoms with Gasteiger partial charge in [0.05, 0.1) is 0 Å². The van der Waals surface area contributed by atoms with Gasteiger partial charge in [-0.25, -0.2) is 0 Å². The van der Waals surface area contributed by atoms with Gasteiger partial charge < -0.3 is 10.6 Å². The summed E-state index contributed by atoms with van der Waals surface area (Å²) < 4.78 is 0. The number of benzene rings is 2. The molecule has 2 aromatic rings. The van der Waals surface area contributed by atoms with Crippen molar-refractivity contribution in [3.8, 4) is 0 Å². The van der Waals surface area contributed by atoms with Gasteiger partial charge in [-0.3, -0.25) is 4.79 Å². The van der Waals surface area contributed by atoms with Gasteiger partial charge in [-0.05, 0) is 42.7 Å². The number of aryl methyl sites for hydroxylation is 1. The fourth-order valence-electron chi connectivity index (χ4n) is 2.79. The lowest BCUT2D eigenvalue weighted by Gasteiger charge is -2.30. The van der Waals surface area contributed by atoms with E-state index >= 15 is 0 Å². The highest BCUT2D eigenvalue weighted by molar-refractivity contribution is 6.30. The first-order valence-corrected chi connectivity index (χ1v) is 8.62. The first-order valence-electron chi connectivity index (χ1n) is 8.24. The molecule has 0 spiro atoms. The minimum absolute atomic E-state index is 0.104. The molecule has 2 atom stereocenters. The molecule has 0 radical (unpaired) electrons. The minimum atomic E-state index is 0.104. The molecule has 24 heavy (non-hydrogen) atoms. The fraction of sp³-hybridized carbons (Fsp3) is 0.350. The topological polar surface area (TPSA) is 46.3 Å². The molecule has 0 fully saturated rings. The zero-order chi connectivity index (χ0) is 17.7. The van der Waals surface area contributed by atoms with Crippen molar-refractivity contribution in [3.05, 3.63) is 64.7 Å². The Labute approximate surface area is 149 Å². The molecule has 2 rings (SSSR count). The number of nitrogen functional groups attached to an aromatic ring is 1. The van der Waals surface area contributed by atoms with E-state index in [1.54, 1.807) is 0 Å². The molecule has 128 valence electrons. The zero-order valence-electron chi connectivity index (χ0n) is 14.5. The van der Waals surface area contributed by atoms with Crippen LogP contribution in [0.4, 0.5) is 5.69 Å². The van der Waals surface area contributed by atoms with E-state index in [1.807, 2.05) is 60.5 Å². The molecule has 3 nitrogen and oxygen atoms in total. The molecule has 1 amide bonds. The molecule has 0 aliphatic rings. The van der Waals surface area contributed by atoms with Crippen LogP contribution in [0.25, 0.3) is 0 Å². The number of hydrogen-bond acceptors (Lipinski definition) is 2. The van der Waals surface area contributed by atoms with Crippen molar-refractivity contribution in [1.82, 2.24) is 4.90 Å². The second kappa shape index (κ2) is 8.20. The minimum Gasteiger partial charge on any atom is -0.399 e. The van der Waals surface area contributed by atoms with Crippen LogP contribution >= 0.6 is 11.6 Å². The van der Waals surface area contributed by atoms with Gasteiger partial charge in [-0.2, -0.15) is 0 Å². The van der Waals surface area contributed by atoms with Crippen molar-refractivity contribution in [2.75, 3.05) is 12.8 Å². The number of halogens is 1. The van der Waals surface area contributed by atoms with Crippen LogP contribution in [0, 0.1) is 0 Å². The first kappa shape index (κ1) is 18.3. The summed E-state index contributed by atoms with van der Waals surface area (Å²) in [4.78, 5) is 14.4. The van der Waals surface area contributed by atoms with Crippen molar-refractivity contribution in [2.45, 2.75) is 38.6 Å². The Morgan fingerprint density at radius 3 is 2.38 bits per heavy atom. The highest BCUT2D eigenvalue weighted by Crippen LogP contribution is 2.24. The van der Waals surface area contributed by atoms with E-state index in [1.165, 1.54) is 5.56 Å². The number of carbonyl (C=O) groups excluding carboxylic acids is 1. The van der Waals surface area contributed by atoms with Crippen LogP contribution in [-0.4, -0.2) is 23.9 Å². The average molecular weight is 345 g/mol. The highest BCUT2D eigenvalue weighted by atomic mass is 35.5. The van der Waals surface area contributed by atoms with Crippen LogP contribution in [0.5, 0.6) is 0 Å². The molecule has 2 aromatic carbocycles. The fourth-order valence-corrected chi connectivity index (χ4v) is 2.91. The van der Waals surface area contributed by atoms with Crippen molar-refractivity contribution in [1.29, 1.82) is 0 Å². The lowest BCUT2D eigenvalue weighted by Crippen LogP contribution is -2.38. The lowest BCUT2D eigenvalue weighted by atomic mass is 9.93. The molecule has 0 aromatic heterocycles. The largest absolute Gasteiger partial charge is 0.399 e. The molecule has 0 saturated heterocycles. The number of rotatable bonds is 6. The summed E-state index contributed by atoms with van der Waals surface area (Å²) in [6.07, 6.45) is 1.13. The van der Waals surface area contributed by atoms with Crippen molar-refractivity contribution < 1.29 is 4.79 Å². The Morgan fingerprint density at radius 2 is 1.75 bits per heavy atom. The number of para-hydroxylation sites is 1. The van der Waals surface area contributed by atoms with E-state index in [0.29, 0.717) is 12.8 Å². The van der Waals surface area contributed by atoms with Crippen LogP contribution in [0.3, 0.4) is 0 Å². The van der Waals surface area contributed by atoms with Crippen molar-refractivity contribution in [3.63, 3.8) is 0 Å². The second-order valence-electron chi connectivity index (χ2n) is 6.28. The van der Waals surface area contributed by atoms with E-state index < -0.39 is 0 Å². The number of carbonyl (C=O) groups is 1. The quantitative estimate of drug-likeness (QED) is 0.784. The summed E-state index contributed by atoms with van der Waals surface area (Å²) in [6.45, 7) is 4.21. The Bertz CT molecular complexity index is 684. The summed E-state index contributed by atoms with van der Waals surface area (Å²) >= 11 is 5.95. The first-order chi connectivity index (χ1) is 11.4. The standard InChI is InChI=1S/C20H25ClN2O/c1-14(16-8-11-18(21)12-9-16)15(2)23(3)20(24)13-10-17-6-4-5-7-19(17)22/h4-9,11-12,14-15H,10,13,22H2,1-3H3. The average Bonchev–Trinajstić information content (AvgIpc) is 2.59. The molecular weight excluding hydrogens is 320 g/mol. The van der Waals surface area contributed by atoms with E-state index in [4.69, 9.17) is 17.3 Å². The van der Waals surface area contributed by atoms with Gasteiger partial charge in [-0.1, -0.05) is 48.9 Å². The summed E-state index contributed by atoms with van der Waals surface area (Å²) in [5.74, 6) is 0.365. The SMILES string of the molecule is CC(c1ccc(Cl)cc1)C(C)N(C)C(=O)CCc1ccccc1N. The van der Waals surface area contributed by atoms with Crippen molar-refractivity contribution in [2.24, 2.45) is 0 Å². The summed E-state index contributed by atoms with van der Waals surface area (Å²) in [6, 6.07) is 15.6. The third-order valence-corrected chi connectivity index (χ3v) is 5.04. The Balaban J connectivity index is 1.96. The van der Waals surface area contributed by atoms with Gasteiger partial charge in [0, 0.05) is 36.1 Å². The van der Waals surface area contributed by atoms with Crippen LogP contribution in [0.1, 0.15) is 37.3 Å². The molecule has 0 aliphatic carbocycles. The summed E-state index contributed by atoms with van der Waals surface area (Å²) in [5, 5.41) is 0.725. The van der Waals surface area contributed by atoms with Crippen LogP contribution in [0.2, 0.25) is 5.02 Å². The van der Waals surface area contributed by atoms with E-state index in [9.17, 15) is 4.79 Å². The van der Waals surface area contributed by atoms with Gasteiger partial charge in [-0.15, -0.1) is 0 Å². The Kier molecular flexibility index (Phi) is 6.27. The second-order valence-corrected chi connectivity index (χ2v) is 6.72. The monoisotopic (exact) mass is 344 g/mol. The number of amides is 1. The third kappa shape index (κ3) is 4.51. The zero-order valence-corrected chi connectivity index (χ0v) is 15.3. The van der Waals surface area contributed by atoms with Crippen LogP contribution in [-0.2, 0) is 11.2 Å². The maximum absolute atomic E-state index is 12.5. The molecule has 0 aliphatic heterocycles. The van der Waals surface area contributed by atoms with E-state index in [0.717, 1.165) is 16.3 Å². The third-order valence-electron chi connectivity index (χ3n) is 4.79. The Hall–Kier alpha value is -2.00. The van der Waals surface area contributed by atoms with E-state index in [2.05, 4.69) is 13.8 Å². The molecule has 0 bridgehead atoms. The van der Waals surface area contributed by atoms with Gasteiger partial charge >= 0.3 is 0 Å². The summed E-state index contributed by atoms with van der Waals surface area (Å²) in [7, 11) is 1.87. The number of nitrogens with two attached hydrogens (primary N) is 1. The number of likely N-dealkylation sites (N-methyl/N-ethyl adjacent to an activating group) is 1. The van der Waals surface area contributed by atoms with Gasteiger partial charge in [0.25, 0.3) is 0 Å². The van der Waals surface area contributed by atoms with E-state index in [-0.39, 0.29) is 17.9 Å². The molecule has 0 heterocycles. The number of nitrogens with zero attached hydrogens (tertiary/aromatic N) is 1. The predicted molar refractivity (Wildman–Crippen MR) is 101 cm³/mol. The predicted octanol–water partition coefficient (Wildman–Crippen LogP) is 4.51. The van der Waals surface area contributed by atoms with Gasteiger partial charge in [0.15, 0.2) is 0 Å². The molecule has 2 N–H and O–H groups in total. The molecular formula is C20H25ClN2O. The highest BCUT2D eigenvalue weighted by Gasteiger charge is 2.22. The molecule has 4 heteroatoms. The van der Waals surface area contributed by atoms with Gasteiger partial charge in [0.2, 0.25) is 5.91 Å². The normalized spacial score (nSPS) is 13.3. The van der Waals surface area contributed by atoms with Crippen LogP contribution in [0.15, 0.2) is 48.5 Å². The maximum atomic E-state index is 12.5. The van der Waals surface area contributed by atoms with Crippen LogP contribution < -0.4 is 5.73 Å². The van der Waals surface area contributed by atoms with Crippen molar-refractivity contribution >= 4 is 23.2 Å². The molecule has 2 unspecified atom stereocenters. The van der Waals surface area contributed by atoms with Gasteiger partial charge in [0.1, 0.15) is 0 Å². The Morgan fingerprint density at radius 1 is 1.12 bits per heavy atom. The lowest BCUT2D eigenvalue weighted by molar-refractivity contribution is -0.132. The maximum Gasteiger partial charge on any atom is 0.222 e. The molecule has 0 saturated carbocycles.